The highest BCUT2D eigenvalue weighted by Crippen LogP contribution is 2.72. The average Bonchev–Trinajstić information content (AvgIpc) is 2.94. The van der Waals surface area contributed by atoms with Crippen molar-refractivity contribution in [2.75, 3.05) is 0 Å². The van der Waals surface area contributed by atoms with E-state index in [0.717, 1.165) is 18.2 Å². The number of nitro benzene ring substituents is 1. The number of halogens is 5. The first-order valence-electron chi connectivity index (χ1n) is 7.35. The number of carbonyl (C=O) groups is 1. The second-order valence-corrected chi connectivity index (χ2v) is 7.14. The fraction of sp³-hybridized carbons (Fsp3) is 0.438. The number of non-ortho nitro benzene ring substituents is 1. The number of carboxylic acid groups (broad SMARTS) is 1. The average molecular weight is 396 g/mol. The molecule has 1 aliphatic carbocycles. The fourth-order valence-electron chi connectivity index (χ4n) is 3.50. The van der Waals surface area contributed by atoms with Crippen molar-refractivity contribution in [1.82, 2.24) is 0 Å². The number of aliphatic carboxylic acids is 1. The van der Waals surface area contributed by atoms with E-state index in [4.69, 9.17) is 11.6 Å². The fourth-order valence-corrected chi connectivity index (χ4v) is 3.69. The molecule has 2 atom stereocenters. The van der Waals surface area contributed by atoms with Gasteiger partial charge in [-0.05, 0) is 23.5 Å². The molecule has 1 N–H and O–H groups in total. The van der Waals surface area contributed by atoms with Gasteiger partial charge in [0.15, 0.2) is 0 Å². The van der Waals surface area contributed by atoms with Gasteiger partial charge < -0.3 is 5.11 Å². The van der Waals surface area contributed by atoms with Crippen molar-refractivity contribution >= 4 is 23.3 Å². The minimum Gasteiger partial charge on any atom is -0.481 e. The molecule has 2 rings (SSSR count). The summed E-state index contributed by atoms with van der Waals surface area (Å²) in [5.74, 6) is -3.49. The van der Waals surface area contributed by atoms with Gasteiger partial charge in [0.25, 0.3) is 5.69 Å². The van der Waals surface area contributed by atoms with Crippen molar-refractivity contribution in [1.29, 1.82) is 0 Å². The predicted molar refractivity (Wildman–Crippen MR) is 84.1 cm³/mol. The van der Waals surface area contributed by atoms with Gasteiger partial charge in [0, 0.05) is 17.5 Å². The van der Waals surface area contributed by atoms with E-state index in [2.05, 4.69) is 0 Å². The molecule has 10 heteroatoms. The minimum atomic E-state index is -4.89. The van der Waals surface area contributed by atoms with Crippen LogP contribution >= 0.6 is 11.6 Å². The number of allylic oxidation sites excluding steroid dienone is 2. The normalized spacial score (nSPS) is 25.0. The SMILES string of the molecule is CC1(C)C(C(=O)O)C1(C=C(Cl)C(F)(F)F)Cc1cc([N+](=O)[O-])ccc1F. The van der Waals surface area contributed by atoms with Crippen LogP contribution in [0.15, 0.2) is 29.3 Å². The molecule has 0 spiro atoms. The largest absolute Gasteiger partial charge is 0.481 e. The topological polar surface area (TPSA) is 80.4 Å². The van der Waals surface area contributed by atoms with Gasteiger partial charge >= 0.3 is 12.1 Å². The van der Waals surface area contributed by atoms with E-state index in [1.807, 2.05) is 0 Å². The molecule has 0 radical (unpaired) electrons. The molecule has 0 aliphatic heterocycles. The molecule has 1 aromatic rings. The van der Waals surface area contributed by atoms with Crippen molar-refractivity contribution in [3.05, 3.63) is 50.8 Å². The van der Waals surface area contributed by atoms with Crippen LogP contribution in [-0.4, -0.2) is 22.2 Å². The van der Waals surface area contributed by atoms with E-state index in [9.17, 15) is 37.6 Å². The lowest BCUT2D eigenvalue weighted by Crippen LogP contribution is -2.17. The van der Waals surface area contributed by atoms with Gasteiger partial charge in [0.05, 0.1) is 10.8 Å². The van der Waals surface area contributed by atoms with Crippen LogP contribution in [0, 0.1) is 32.7 Å². The zero-order valence-electron chi connectivity index (χ0n) is 13.6. The lowest BCUT2D eigenvalue weighted by molar-refractivity contribution is -0.385. The van der Waals surface area contributed by atoms with Crippen molar-refractivity contribution in [3.8, 4) is 0 Å². The highest BCUT2D eigenvalue weighted by molar-refractivity contribution is 6.30. The quantitative estimate of drug-likeness (QED) is 0.445. The summed E-state index contributed by atoms with van der Waals surface area (Å²) in [6, 6.07) is 2.62. The molecule has 1 saturated carbocycles. The molecule has 0 saturated heterocycles. The van der Waals surface area contributed by atoms with Gasteiger partial charge in [-0.25, -0.2) is 4.39 Å². The van der Waals surface area contributed by atoms with Crippen LogP contribution in [0.3, 0.4) is 0 Å². The molecule has 1 fully saturated rings. The third-order valence-corrected chi connectivity index (χ3v) is 5.30. The van der Waals surface area contributed by atoms with E-state index < -0.39 is 56.8 Å². The van der Waals surface area contributed by atoms with Crippen molar-refractivity contribution in [2.24, 2.45) is 16.7 Å². The predicted octanol–water partition coefficient (Wildman–Crippen LogP) is 4.69. The summed E-state index contributed by atoms with van der Waals surface area (Å²) in [6.45, 7) is 2.86. The monoisotopic (exact) mass is 395 g/mol. The van der Waals surface area contributed by atoms with E-state index in [0.29, 0.717) is 6.08 Å². The molecule has 1 aliphatic rings. The van der Waals surface area contributed by atoms with Crippen LogP contribution in [0.4, 0.5) is 23.2 Å². The summed E-state index contributed by atoms with van der Waals surface area (Å²) in [4.78, 5) is 21.6. The zero-order valence-corrected chi connectivity index (χ0v) is 14.4. The number of hydrogen-bond acceptors (Lipinski definition) is 3. The first-order chi connectivity index (χ1) is 11.7. The Morgan fingerprint density at radius 1 is 1.42 bits per heavy atom. The number of alkyl halides is 3. The van der Waals surface area contributed by atoms with Crippen LogP contribution in [-0.2, 0) is 11.2 Å². The van der Waals surface area contributed by atoms with Crippen LogP contribution in [0.25, 0.3) is 0 Å². The third-order valence-electron chi connectivity index (χ3n) is 4.98. The summed E-state index contributed by atoms with van der Waals surface area (Å²) < 4.78 is 52.7. The van der Waals surface area contributed by atoms with Crippen LogP contribution in [0.1, 0.15) is 19.4 Å². The van der Waals surface area contributed by atoms with Crippen LogP contribution in [0.5, 0.6) is 0 Å². The van der Waals surface area contributed by atoms with E-state index >= 15 is 0 Å². The Kier molecular flexibility index (Phi) is 4.82. The number of hydrogen-bond donors (Lipinski definition) is 1. The number of rotatable bonds is 5. The minimum absolute atomic E-state index is 0.251. The summed E-state index contributed by atoms with van der Waals surface area (Å²) in [5.41, 5.74) is -3.50. The summed E-state index contributed by atoms with van der Waals surface area (Å²) >= 11 is 5.31. The molecule has 0 bridgehead atoms. The lowest BCUT2D eigenvalue weighted by atomic mass is 9.87. The van der Waals surface area contributed by atoms with Crippen molar-refractivity contribution < 1.29 is 32.4 Å². The summed E-state index contributed by atoms with van der Waals surface area (Å²) in [5, 5.41) is 18.7. The first-order valence-corrected chi connectivity index (χ1v) is 7.73. The molecule has 0 heterocycles. The maximum Gasteiger partial charge on any atom is 0.426 e. The Morgan fingerprint density at radius 3 is 2.42 bits per heavy atom. The highest BCUT2D eigenvalue weighted by atomic mass is 35.5. The van der Waals surface area contributed by atoms with E-state index in [1.54, 1.807) is 0 Å². The van der Waals surface area contributed by atoms with Gasteiger partial charge in [0.2, 0.25) is 0 Å². The molecule has 26 heavy (non-hydrogen) atoms. The zero-order chi connectivity index (χ0) is 20.1. The molecule has 5 nitrogen and oxygen atoms in total. The maximum absolute atomic E-state index is 14.1. The first kappa shape index (κ1) is 20.2. The van der Waals surface area contributed by atoms with Gasteiger partial charge in [0.1, 0.15) is 10.8 Å². The molecular formula is C16H14ClF4NO4. The van der Waals surface area contributed by atoms with Gasteiger partial charge in [-0.2, -0.15) is 13.2 Å². The Balaban J connectivity index is 2.57. The molecule has 0 aromatic heterocycles. The van der Waals surface area contributed by atoms with E-state index in [1.165, 1.54) is 13.8 Å². The molecule has 2 unspecified atom stereocenters. The summed E-state index contributed by atoms with van der Waals surface area (Å²) in [6.07, 6.45) is -4.78. The molecule has 142 valence electrons. The second-order valence-electron chi connectivity index (χ2n) is 6.73. The van der Waals surface area contributed by atoms with Gasteiger partial charge in [-0.15, -0.1) is 0 Å². The summed E-state index contributed by atoms with van der Waals surface area (Å²) in [7, 11) is 0. The number of nitrogens with zero attached hydrogens (tertiary/aromatic N) is 1. The lowest BCUT2D eigenvalue weighted by Gasteiger charge is -2.18. The van der Waals surface area contributed by atoms with Crippen molar-refractivity contribution in [3.63, 3.8) is 0 Å². The Hall–Kier alpha value is -2.16. The number of benzene rings is 1. The third kappa shape index (κ3) is 3.27. The van der Waals surface area contributed by atoms with E-state index in [-0.39, 0.29) is 5.56 Å². The van der Waals surface area contributed by atoms with Crippen LogP contribution in [0.2, 0.25) is 0 Å². The molecular weight excluding hydrogens is 382 g/mol. The highest BCUT2D eigenvalue weighted by Gasteiger charge is 2.73. The Morgan fingerprint density at radius 2 is 2.00 bits per heavy atom. The van der Waals surface area contributed by atoms with Crippen molar-refractivity contribution in [2.45, 2.75) is 26.4 Å². The number of carboxylic acids is 1. The Bertz CT molecular complexity index is 806. The van der Waals surface area contributed by atoms with Gasteiger partial charge in [-0.1, -0.05) is 31.5 Å². The standard InChI is InChI=1S/C16H14ClF4NO4/c1-14(2)12(13(23)24)15(14,7-11(17)16(19,20)21)6-8-5-9(22(25)26)3-4-10(8)18/h3-5,7,12H,6H2,1-2H3,(H,23,24). The molecule has 1 aromatic carbocycles. The van der Waals surface area contributed by atoms with Crippen LogP contribution < -0.4 is 0 Å². The maximum atomic E-state index is 14.1. The second kappa shape index (κ2) is 6.22. The number of nitro groups is 1. The molecule has 0 amide bonds. The van der Waals surface area contributed by atoms with Gasteiger partial charge in [-0.3, -0.25) is 14.9 Å². The Labute approximate surface area is 150 Å². The smallest absolute Gasteiger partial charge is 0.426 e.